The van der Waals surface area contributed by atoms with E-state index in [0.29, 0.717) is 36.5 Å². The molecular formula is C37H72O6S3Sn. The van der Waals surface area contributed by atoms with Gasteiger partial charge in [0, 0.05) is 17.9 Å². The predicted molar refractivity (Wildman–Crippen MR) is 206 cm³/mol. The molecule has 0 heterocycles. The Kier molecular flexibility index (Phi) is 53.2. The van der Waals surface area contributed by atoms with Crippen LogP contribution in [0.3, 0.4) is 0 Å². The van der Waals surface area contributed by atoms with Gasteiger partial charge in [0.15, 0.2) is 0 Å². The van der Waals surface area contributed by atoms with Crippen LogP contribution in [-0.2, 0) is 14.4 Å². The molecule has 0 aliphatic rings. The van der Waals surface area contributed by atoms with Gasteiger partial charge in [-0.3, -0.25) is 0 Å². The zero-order valence-electron chi connectivity index (χ0n) is 30.6. The SMILES string of the molecule is CCCCCCCC(CCS)C(=O)[O-].CCCCCCCC(CCS)C(=O)[O-].CCCCCCCC(CCS)C(=O)[O-].CCC[CH2][Sn+3]. The maximum atomic E-state index is 10.7. The van der Waals surface area contributed by atoms with Crippen LogP contribution in [0.2, 0.25) is 4.44 Å². The van der Waals surface area contributed by atoms with E-state index >= 15 is 0 Å². The fourth-order valence-electron chi connectivity index (χ4n) is 4.77. The second-order valence-corrected chi connectivity index (χ2v) is 15.1. The van der Waals surface area contributed by atoms with Crippen molar-refractivity contribution in [3.05, 3.63) is 0 Å². The number of carboxylic acid groups (broad SMARTS) is 3. The molecule has 0 fully saturated rings. The zero-order chi connectivity index (χ0) is 36.6. The number of unbranched alkanes of at least 4 members (excludes halogenated alkanes) is 13. The Hall–Kier alpha value is 0.259. The first-order chi connectivity index (χ1) is 22.6. The van der Waals surface area contributed by atoms with Crippen molar-refractivity contribution in [3.8, 4) is 0 Å². The molecule has 0 aromatic carbocycles. The number of carboxylic acids is 3. The van der Waals surface area contributed by atoms with Crippen molar-refractivity contribution in [3.63, 3.8) is 0 Å². The summed E-state index contributed by atoms with van der Waals surface area (Å²) in [7, 11) is 0. The minimum atomic E-state index is -0.908. The number of rotatable bonds is 29. The van der Waals surface area contributed by atoms with Crippen LogP contribution in [0.5, 0.6) is 0 Å². The first kappa shape index (κ1) is 54.0. The van der Waals surface area contributed by atoms with Gasteiger partial charge in [-0.2, -0.15) is 37.9 Å². The van der Waals surface area contributed by atoms with E-state index in [-0.39, 0.29) is 17.8 Å². The summed E-state index contributed by atoms with van der Waals surface area (Å²) in [6.07, 6.45) is 24.5. The van der Waals surface area contributed by atoms with E-state index in [2.05, 4.69) is 65.6 Å². The van der Waals surface area contributed by atoms with Gasteiger partial charge in [0.2, 0.25) is 0 Å². The third-order valence-corrected chi connectivity index (χ3v) is 9.72. The van der Waals surface area contributed by atoms with E-state index < -0.39 is 17.9 Å². The molecule has 3 atom stereocenters. The van der Waals surface area contributed by atoms with Crippen LogP contribution in [0.25, 0.3) is 0 Å². The Labute approximate surface area is 320 Å². The van der Waals surface area contributed by atoms with Crippen molar-refractivity contribution in [1.29, 1.82) is 0 Å². The standard InChI is InChI=1S/3C11H22O2S.C4H9.Sn/c3*1-2-3-4-5-6-7-10(8-9-14)11(12)13;1-3-4-2;/h3*10,14H,2-9H2,1H3,(H,12,13);1,3-4H2,2H3;/q;;;;+3/p-3. The molecule has 0 N–H and O–H groups in total. The van der Waals surface area contributed by atoms with Gasteiger partial charge in [-0.05, 0) is 73.5 Å². The summed E-state index contributed by atoms with van der Waals surface area (Å²) in [6, 6.07) is 0. The van der Waals surface area contributed by atoms with Crippen LogP contribution in [0.4, 0.5) is 0 Å². The van der Waals surface area contributed by atoms with Gasteiger partial charge in [0.25, 0.3) is 0 Å². The van der Waals surface area contributed by atoms with Gasteiger partial charge >= 0.3 is 46.7 Å². The van der Waals surface area contributed by atoms with Crippen molar-refractivity contribution in [1.82, 2.24) is 0 Å². The number of carbonyl (C=O) groups is 3. The molecule has 6 nitrogen and oxygen atoms in total. The molecule has 0 aliphatic carbocycles. The fraction of sp³-hybridized carbons (Fsp3) is 0.919. The van der Waals surface area contributed by atoms with Crippen molar-refractivity contribution in [2.75, 3.05) is 17.3 Å². The van der Waals surface area contributed by atoms with Gasteiger partial charge in [-0.25, -0.2) is 0 Å². The number of hydrogen-bond acceptors (Lipinski definition) is 9. The summed E-state index contributed by atoms with van der Waals surface area (Å²) in [5.74, 6) is -1.68. The third kappa shape index (κ3) is 46.3. The van der Waals surface area contributed by atoms with Crippen molar-refractivity contribution >= 4 is 78.3 Å². The molecule has 0 rings (SSSR count). The molecule has 0 saturated heterocycles. The Balaban J connectivity index is -0.000000275. The molecule has 0 spiro atoms. The molecular weight excluding hydrogens is 755 g/mol. The van der Waals surface area contributed by atoms with Gasteiger partial charge < -0.3 is 29.7 Å². The molecule has 0 saturated carbocycles. The van der Waals surface area contributed by atoms with E-state index in [1.807, 2.05) is 0 Å². The summed E-state index contributed by atoms with van der Waals surface area (Å²) < 4.78 is 1.43. The minimum absolute atomic E-state index is 0.283. The summed E-state index contributed by atoms with van der Waals surface area (Å²) in [4.78, 5) is 32.0. The van der Waals surface area contributed by atoms with Gasteiger partial charge in [-0.1, -0.05) is 117 Å². The third-order valence-electron chi connectivity index (χ3n) is 7.93. The molecule has 0 aromatic rings. The van der Waals surface area contributed by atoms with Crippen molar-refractivity contribution in [2.24, 2.45) is 17.8 Å². The van der Waals surface area contributed by atoms with E-state index in [4.69, 9.17) is 0 Å². The second-order valence-electron chi connectivity index (χ2n) is 12.3. The Morgan fingerprint density at radius 3 is 0.809 bits per heavy atom. The van der Waals surface area contributed by atoms with E-state index in [1.54, 1.807) is 22.5 Å². The van der Waals surface area contributed by atoms with Gasteiger partial charge in [0.1, 0.15) is 0 Å². The molecule has 278 valence electrons. The van der Waals surface area contributed by atoms with Crippen LogP contribution in [0.1, 0.15) is 175 Å². The molecule has 3 unspecified atom stereocenters. The number of aliphatic carboxylic acids is 3. The number of hydrogen-bond donors (Lipinski definition) is 3. The van der Waals surface area contributed by atoms with Crippen LogP contribution in [-0.4, -0.2) is 57.7 Å². The monoisotopic (exact) mass is 828 g/mol. The first-order valence-corrected chi connectivity index (χ1v) is 22.6. The average Bonchev–Trinajstić information content (AvgIpc) is 3.04. The second kappa shape index (κ2) is 46.3. The molecule has 0 aliphatic heterocycles. The van der Waals surface area contributed by atoms with Crippen molar-refractivity contribution < 1.29 is 29.7 Å². The Morgan fingerprint density at radius 2 is 0.660 bits per heavy atom. The molecule has 0 radical (unpaired) electrons. The van der Waals surface area contributed by atoms with Gasteiger partial charge in [-0.15, -0.1) is 0 Å². The average molecular weight is 828 g/mol. The normalized spacial score (nSPS) is 12.3. The summed E-state index contributed by atoms with van der Waals surface area (Å²) >= 11 is 13.8. The molecule has 47 heavy (non-hydrogen) atoms. The predicted octanol–water partition coefficient (Wildman–Crippen LogP) is 7.47. The summed E-state index contributed by atoms with van der Waals surface area (Å²) in [6.45, 7) is 8.74. The quantitative estimate of drug-likeness (QED) is 0.0409. The first-order valence-electron chi connectivity index (χ1n) is 18.7. The molecule has 0 aromatic heterocycles. The maximum absolute atomic E-state index is 10.7. The fourth-order valence-corrected chi connectivity index (χ4v) is 6.71. The van der Waals surface area contributed by atoms with Crippen LogP contribution >= 0.6 is 37.9 Å². The number of carbonyl (C=O) groups excluding carboxylic acids is 3. The topological polar surface area (TPSA) is 120 Å². The molecule has 10 heteroatoms. The zero-order valence-corrected chi connectivity index (χ0v) is 36.2. The Morgan fingerprint density at radius 1 is 0.426 bits per heavy atom. The van der Waals surface area contributed by atoms with Gasteiger partial charge in [0.05, 0.1) is 0 Å². The van der Waals surface area contributed by atoms with Crippen molar-refractivity contribution in [2.45, 2.75) is 180 Å². The number of thiol groups is 3. The van der Waals surface area contributed by atoms with E-state index in [9.17, 15) is 29.7 Å². The van der Waals surface area contributed by atoms with E-state index in [1.165, 1.54) is 75.1 Å². The van der Waals surface area contributed by atoms with Crippen LogP contribution < -0.4 is 15.3 Å². The summed E-state index contributed by atoms with van der Waals surface area (Å²) in [5.41, 5.74) is 0. The van der Waals surface area contributed by atoms with Crippen LogP contribution in [0, 0.1) is 17.8 Å². The molecule has 0 amide bonds. The molecule has 0 bridgehead atoms. The summed E-state index contributed by atoms with van der Waals surface area (Å²) in [5, 5.41) is 32.0. The Bertz CT molecular complexity index is 575. The van der Waals surface area contributed by atoms with E-state index in [0.717, 1.165) is 57.8 Å². The van der Waals surface area contributed by atoms with Crippen LogP contribution in [0.15, 0.2) is 0 Å².